The van der Waals surface area contributed by atoms with Crippen LogP contribution in [0.15, 0.2) is 0 Å². The zero-order chi connectivity index (χ0) is 11.0. The van der Waals surface area contributed by atoms with Crippen LogP contribution in [-0.2, 0) is 15.9 Å². The number of carboxylic acids is 1. The Bertz CT molecular complexity index is 203. The van der Waals surface area contributed by atoms with Crippen LogP contribution in [0.5, 0.6) is 0 Å². The summed E-state index contributed by atoms with van der Waals surface area (Å²) in [6.45, 7) is 1.63. The number of hydrogen-bond donors (Lipinski definition) is 1. The predicted molar refractivity (Wildman–Crippen MR) is 60.2 cm³/mol. The second-order valence-electron chi connectivity index (χ2n) is 2.61. The maximum Gasteiger partial charge on any atom is 1.00 e. The zero-order valence-electron chi connectivity index (χ0n) is 8.80. The van der Waals surface area contributed by atoms with Gasteiger partial charge in [-0.1, -0.05) is 32.7 Å². The Morgan fingerprint density at radius 2 is 2.13 bits per heavy atom. The molecule has 0 aromatic heterocycles. The molecule has 2 unspecified atom stereocenters. The topological polar surface area (TPSA) is 77.4 Å². The average molecular weight is 280 g/mol. The van der Waals surface area contributed by atoms with Crippen LogP contribution in [0, 0.1) is 0 Å². The number of unbranched alkanes of at least 4 members (excludes halogenated alkanes) is 1. The molecule has 0 aliphatic heterocycles. The first kappa shape index (κ1) is 18.6. The minimum Gasteiger partial charge on any atom is -0.772 e. The molecule has 4 nitrogen and oxygen atoms in total. The predicted octanol–water partition coefficient (Wildman–Crippen LogP) is -1.50. The van der Waals surface area contributed by atoms with E-state index in [4.69, 9.17) is 5.11 Å². The number of carboxylic acid groups (broad SMARTS) is 1. The van der Waals surface area contributed by atoms with Gasteiger partial charge >= 0.3 is 35.5 Å². The van der Waals surface area contributed by atoms with E-state index in [1.165, 1.54) is 21.6 Å². The average Bonchev–Trinajstić information content (AvgIpc) is 2.09. The maximum atomic E-state index is 10.4. The summed E-state index contributed by atoms with van der Waals surface area (Å²) < 4.78 is 20.3. The summed E-state index contributed by atoms with van der Waals surface area (Å²) in [5, 5.41) is 8.13. The molecule has 0 aliphatic carbocycles. The fourth-order valence-electron chi connectivity index (χ4n) is 0.572. The van der Waals surface area contributed by atoms with Crippen LogP contribution in [0.1, 0.15) is 19.8 Å². The van der Waals surface area contributed by atoms with Crippen molar-refractivity contribution in [1.29, 1.82) is 0 Å². The molecular weight excluding hydrogens is 267 g/mol. The van der Waals surface area contributed by atoms with Gasteiger partial charge in [0.1, 0.15) is 5.25 Å². The van der Waals surface area contributed by atoms with Crippen molar-refractivity contribution in [1.82, 2.24) is 0 Å². The van der Waals surface area contributed by atoms with Crippen molar-refractivity contribution in [2.45, 2.75) is 25.0 Å². The summed E-state index contributed by atoms with van der Waals surface area (Å²) in [5.41, 5.74) is 0. The Morgan fingerprint density at radius 3 is 2.60 bits per heavy atom. The SMILES string of the molecule is CC(SSCCCCS(=O)[O-])C(=O)O.[Na+]. The van der Waals surface area contributed by atoms with E-state index < -0.39 is 22.3 Å². The molecule has 0 aromatic carbocycles. The van der Waals surface area contributed by atoms with Crippen LogP contribution in [0.4, 0.5) is 0 Å². The monoisotopic (exact) mass is 280 g/mol. The van der Waals surface area contributed by atoms with E-state index in [0.717, 1.165) is 12.2 Å². The summed E-state index contributed by atoms with van der Waals surface area (Å²) in [7, 11) is 2.78. The van der Waals surface area contributed by atoms with Gasteiger partial charge in [0, 0.05) is 11.5 Å². The molecule has 0 aliphatic rings. The molecule has 84 valence electrons. The summed E-state index contributed by atoms with van der Waals surface area (Å²) >= 11 is -1.95. The van der Waals surface area contributed by atoms with Crippen molar-refractivity contribution in [3.8, 4) is 0 Å². The molecule has 0 radical (unpaired) electrons. The Kier molecular flexibility index (Phi) is 14.6. The molecule has 0 heterocycles. The third-order valence-electron chi connectivity index (χ3n) is 1.35. The number of hydrogen-bond acceptors (Lipinski definition) is 5. The smallest absolute Gasteiger partial charge is 0.772 e. The summed E-state index contributed by atoms with van der Waals surface area (Å²) in [6.07, 6.45) is 1.45. The molecule has 0 saturated heterocycles. The van der Waals surface area contributed by atoms with Crippen molar-refractivity contribution in [3.05, 3.63) is 0 Å². The standard InChI is InChI=1S/C7H14O4S3.Na/c1-6(7(8)9)13-12-4-2-3-5-14(10)11;/h6H,2-5H2,1H3,(H,8,9)(H,10,11);/q;+1/p-1. The van der Waals surface area contributed by atoms with Crippen molar-refractivity contribution < 1.29 is 48.2 Å². The number of rotatable bonds is 8. The van der Waals surface area contributed by atoms with Gasteiger partial charge in [-0.05, 0) is 19.8 Å². The molecule has 0 rings (SSSR count). The quantitative estimate of drug-likeness (QED) is 0.252. The number of carbonyl (C=O) groups is 1. The molecule has 2 atom stereocenters. The molecule has 8 heteroatoms. The molecule has 0 bridgehead atoms. The summed E-state index contributed by atoms with van der Waals surface area (Å²) in [6, 6.07) is 0. The van der Waals surface area contributed by atoms with E-state index in [1.807, 2.05) is 0 Å². The van der Waals surface area contributed by atoms with Gasteiger partial charge in [0.15, 0.2) is 0 Å². The van der Waals surface area contributed by atoms with Gasteiger partial charge in [-0.2, -0.15) is 0 Å². The van der Waals surface area contributed by atoms with Crippen LogP contribution < -0.4 is 29.6 Å². The zero-order valence-corrected chi connectivity index (χ0v) is 13.3. The Labute approximate surface area is 122 Å². The van der Waals surface area contributed by atoms with Crippen LogP contribution >= 0.6 is 21.6 Å². The van der Waals surface area contributed by atoms with Crippen molar-refractivity contribution in [2.75, 3.05) is 11.5 Å². The minimum atomic E-state index is -1.95. The first-order valence-corrected chi connectivity index (χ1v) is 7.73. The van der Waals surface area contributed by atoms with Crippen molar-refractivity contribution in [2.24, 2.45) is 0 Å². The second kappa shape index (κ2) is 11.8. The van der Waals surface area contributed by atoms with Crippen LogP contribution in [0.3, 0.4) is 0 Å². The van der Waals surface area contributed by atoms with Gasteiger partial charge in [0.05, 0.1) is 0 Å². The summed E-state index contributed by atoms with van der Waals surface area (Å²) in [4.78, 5) is 10.4. The normalized spacial score (nSPS) is 14.0. The van der Waals surface area contributed by atoms with E-state index in [0.29, 0.717) is 6.42 Å². The van der Waals surface area contributed by atoms with Gasteiger partial charge in [-0.15, -0.1) is 0 Å². The molecule has 0 amide bonds. The van der Waals surface area contributed by atoms with Gasteiger partial charge in [0.25, 0.3) is 0 Å². The van der Waals surface area contributed by atoms with Crippen LogP contribution in [-0.4, -0.2) is 36.6 Å². The van der Waals surface area contributed by atoms with E-state index in [2.05, 4.69) is 0 Å². The molecule has 0 aromatic rings. The Hall–Kier alpha value is 1.28. The summed E-state index contributed by atoms with van der Waals surface area (Å²) in [5.74, 6) is 0.169. The molecule has 0 spiro atoms. The molecular formula is C7H13NaO4S3. The van der Waals surface area contributed by atoms with Crippen LogP contribution in [0.25, 0.3) is 0 Å². The second-order valence-corrected chi connectivity index (χ2v) is 6.46. The van der Waals surface area contributed by atoms with Crippen molar-refractivity contribution in [3.63, 3.8) is 0 Å². The van der Waals surface area contributed by atoms with Gasteiger partial charge in [-0.25, -0.2) is 0 Å². The maximum absolute atomic E-state index is 10.4. The largest absolute Gasteiger partial charge is 1.00 e. The first-order valence-electron chi connectivity index (χ1n) is 4.11. The van der Waals surface area contributed by atoms with Crippen LogP contribution in [0.2, 0.25) is 0 Å². The molecule has 1 N–H and O–H groups in total. The van der Waals surface area contributed by atoms with E-state index in [-0.39, 0.29) is 35.3 Å². The number of aliphatic carboxylic acids is 1. The van der Waals surface area contributed by atoms with Crippen molar-refractivity contribution >= 4 is 38.6 Å². The minimum absolute atomic E-state index is 0. The van der Waals surface area contributed by atoms with E-state index >= 15 is 0 Å². The third kappa shape index (κ3) is 13.2. The molecule has 0 fully saturated rings. The molecule has 15 heavy (non-hydrogen) atoms. The van der Waals surface area contributed by atoms with Gasteiger partial charge < -0.3 is 9.66 Å². The Morgan fingerprint density at radius 1 is 1.53 bits per heavy atom. The fraction of sp³-hybridized carbons (Fsp3) is 0.857. The van der Waals surface area contributed by atoms with Gasteiger partial charge in [0.2, 0.25) is 0 Å². The molecule has 0 saturated carbocycles. The Balaban J connectivity index is 0. The fourth-order valence-corrected chi connectivity index (χ4v) is 3.22. The van der Waals surface area contributed by atoms with E-state index in [9.17, 15) is 13.6 Å². The third-order valence-corrected chi connectivity index (χ3v) is 4.83. The van der Waals surface area contributed by atoms with E-state index in [1.54, 1.807) is 6.92 Å². The van der Waals surface area contributed by atoms with Gasteiger partial charge in [-0.3, -0.25) is 9.00 Å². The first-order chi connectivity index (χ1) is 6.54.